The molecule has 0 fully saturated rings. The number of rotatable bonds is 39. The van der Waals surface area contributed by atoms with Crippen LogP contribution in [0.25, 0.3) is 0 Å². The predicted molar refractivity (Wildman–Crippen MR) is 234 cm³/mol. The average Bonchev–Trinajstić information content (AvgIpc) is 3.21. The van der Waals surface area contributed by atoms with E-state index < -0.39 is 64.5 Å². The van der Waals surface area contributed by atoms with Crippen LogP contribution in [0.3, 0.4) is 0 Å². The molecule has 0 saturated heterocycles. The van der Waals surface area contributed by atoms with Gasteiger partial charge in [0.1, 0.15) is 12.7 Å². The van der Waals surface area contributed by atoms with Crippen molar-refractivity contribution in [2.75, 3.05) is 26.4 Å². The molecule has 58 heavy (non-hydrogen) atoms. The Hall–Kier alpha value is -2.89. The van der Waals surface area contributed by atoms with Crippen molar-refractivity contribution in [2.45, 2.75) is 167 Å². The van der Waals surface area contributed by atoms with E-state index in [0.717, 1.165) is 32.1 Å². The maximum absolute atomic E-state index is 12.6. The molecule has 0 bridgehead atoms. The summed E-state index contributed by atoms with van der Waals surface area (Å²) in [5.74, 6) is -1.12. The van der Waals surface area contributed by atoms with Gasteiger partial charge in [-0.15, -0.1) is 0 Å². The van der Waals surface area contributed by atoms with Crippen LogP contribution in [-0.2, 0) is 32.7 Å². The normalized spacial score (nSPS) is 15.2. The van der Waals surface area contributed by atoms with Crippen LogP contribution in [0, 0.1) is 0 Å². The molecule has 4 atom stereocenters. The van der Waals surface area contributed by atoms with Gasteiger partial charge in [-0.25, -0.2) is 4.57 Å². The lowest BCUT2D eigenvalue weighted by atomic mass is 10.1. The van der Waals surface area contributed by atoms with Crippen molar-refractivity contribution in [3.8, 4) is 0 Å². The third kappa shape index (κ3) is 39.9. The molecule has 0 aliphatic carbocycles. The molecule has 0 heterocycles. The number of carbonyl (C=O) groups is 2. The van der Waals surface area contributed by atoms with Gasteiger partial charge >= 0.3 is 19.8 Å². The number of unbranched alkanes of at least 4 members (excludes halogenated alkanes) is 11. The molecule has 4 N–H and O–H groups in total. The zero-order valence-corrected chi connectivity index (χ0v) is 36.5. The smallest absolute Gasteiger partial charge is 0.462 e. The van der Waals surface area contributed by atoms with Crippen LogP contribution < -0.4 is 0 Å². The molecule has 0 radical (unpaired) electrons. The van der Waals surface area contributed by atoms with Crippen molar-refractivity contribution in [1.29, 1.82) is 0 Å². The molecule has 0 saturated carbocycles. The Bertz CT molecular complexity index is 1250. The fraction of sp³-hybridized carbons (Fsp3) is 0.652. The summed E-state index contributed by atoms with van der Waals surface area (Å²) < 4.78 is 32.5. The van der Waals surface area contributed by atoms with Crippen LogP contribution in [0.5, 0.6) is 0 Å². The molecular weight excluding hydrogens is 759 g/mol. The number of ether oxygens (including phenoxy) is 2. The number of phosphoric ester groups is 1. The third-order valence-electron chi connectivity index (χ3n) is 8.60. The van der Waals surface area contributed by atoms with E-state index >= 15 is 0 Å². The molecule has 12 heteroatoms. The maximum atomic E-state index is 12.6. The number of hydrogen-bond donors (Lipinski definition) is 4. The molecule has 0 aliphatic heterocycles. The van der Waals surface area contributed by atoms with Gasteiger partial charge in [0, 0.05) is 12.8 Å². The number of carbonyl (C=O) groups excluding carboxylic acids is 2. The third-order valence-corrected chi connectivity index (χ3v) is 9.55. The van der Waals surface area contributed by atoms with Crippen LogP contribution in [0.4, 0.5) is 0 Å². The van der Waals surface area contributed by atoms with Crippen LogP contribution in [-0.4, -0.2) is 76.9 Å². The minimum atomic E-state index is -4.67. The van der Waals surface area contributed by atoms with Crippen LogP contribution in [0.1, 0.15) is 149 Å². The van der Waals surface area contributed by atoms with Crippen molar-refractivity contribution in [3.63, 3.8) is 0 Å². The van der Waals surface area contributed by atoms with Crippen molar-refractivity contribution < 1.29 is 52.9 Å². The van der Waals surface area contributed by atoms with Crippen molar-refractivity contribution in [1.82, 2.24) is 0 Å². The Kier molecular flexibility index (Phi) is 38.8. The number of allylic oxidation sites excluding steroid dienone is 12. The summed E-state index contributed by atoms with van der Waals surface area (Å²) >= 11 is 0. The Labute approximate surface area is 350 Å². The summed E-state index contributed by atoms with van der Waals surface area (Å²) in [4.78, 5) is 34.9. The Morgan fingerprint density at radius 1 is 0.586 bits per heavy atom. The van der Waals surface area contributed by atoms with Crippen LogP contribution in [0.15, 0.2) is 85.1 Å². The number of esters is 2. The van der Waals surface area contributed by atoms with Crippen LogP contribution in [0.2, 0.25) is 0 Å². The van der Waals surface area contributed by atoms with Crippen molar-refractivity contribution >= 4 is 19.8 Å². The Morgan fingerprint density at radius 3 is 1.72 bits per heavy atom. The second kappa shape index (κ2) is 40.9. The van der Waals surface area contributed by atoms with E-state index in [-0.39, 0.29) is 12.8 Å². The van der Waals surface area contributed by atoms with Crippen molar-refractivity contribution in [2.24, 2.45) is 0 Å². The minimum absolute atomic E-state index is 0.0787. The highest BCUT2D eigenvalue weighted by Gasteiger charge is 2.27. The highest BCUT2D eigenvalue weighted by molar-refractivity contribution is 7.47. The molecule has 0 aromatic heterocycles. The van der Waals surface area contributed by atoms with Crippen molar-refractivity contribution in [3.05, 3.63) is 85.1 Å². The first kappa shape index (κ1) is 55.1. The maximum Gasteiger partial charge on any atom is 0.472 e. The largest absolute Gasteiger partial charge is 0.472 e. The second-order valence-corrected chi connectivity index (χ2v) is 15.7. The average molecular weight is 837 g/mol. The molecular formula is C46H77O11P. The molecule has 0 aromatic rings. The summed E-state index contributed by atoms with van der Waals surface area (Å²) in [7, 11) is -4.67. The topological polar surface area (TPSA) is 169 Å². The van der Waals surface area contributed by atoms with E-state index in [1.165, 1.54) is 57.8 Å². The van der Waals surface area contributed by atoms with Gasteiger partial charge < -0.3 is 29.7 Å². The SMILES string of the molecule is CCCCC/C=C\C/C=C\CC(O)/C=C\C=C\CCCC(=O)OC[C@H](COP(=O)(O)OC[C@@H](O)CO)OC(=O)CCC/C=C\C/C=C\C/C=C\CCCCCCCC. The van der Waals surface area contributed by atoms with Gasteiger partial charge in [0.15, 0.2) is 6.10 Å². The molecule has 2 unspecified atom stereocenters. The summed E-state index contributed by atoms with van der Waals surface area (Å²) in [6.07, 6.45) is 44.4. The molecule has 11 nitrogen and oxygen atoms in total. The van der Waals surface area contributed by atoms with E-state index in [0.29, 0.717) is 32.1 Å². The van der Waals surface area contributed by atoms with Gasteiger partial charge in [-0.3, -0.25) is 18.6 Å². The van der Waals surface area contributed by atoms with Gasteiger partial charge in [0.2, 0.25) is 0 Å². The van der Waals surface area contributed by atoms with E-state index in [1.807, 2.05) is 36.5 Å². The standard InChI is InChI=1S/C46H77O11P/c1-3-5-7-9-11-13-14-15-16-17-18-19-20-22-24-28-33-37-46(51)57-44(41-56-58(52,53)55-39-43(49)38-47)40-54-45(50)36-32-29-25-27-31-35-42(48)34-30-26-23-21-12-10-8-6-4-2/h12,15-16,18-19,21-22,24-27,30-31,35,42-44,47-49H,3-11,13-14,17,20,23,28-29,32-34,36-41H2,1-2H3,(H,52,53)/b16-15-,19-18-,21-12-,24-22-,27-25+,30-26-,35-31-/t42?,43-,44+/m0/s1. The first-order chi connectivity index (χ1) is 28.1. The summed E-state index contributed by atoms with van der Waals surface area (Å²) in [6.45, 7) is 2.10. The molecule has 0 amide bonds. The minimum Gasteiger partial charge on any atom is -0.462 e. The highest BCUT2D eigenvalue weighted by atomic mass is 31.2. The van der Waals surface area contributed by atoms with Gasteiger partial charge in [-0.1, -0.05) is 144 Å². The van der Waals surface area contributed by atoms with E-state index in [9.17, 15) is 29.3 Å². The summed E-state index contributed by atoms with van der Waals surface area (Å²) in [5, 5.41) is 28.4. The first-order valence-corrected chi connectivity index (χ1v) is 23.1. The fourth-order valence-electron chi connectivity index (χ4n) is 5.20. The summed E-state index contributed by atoms with van der Waals surface area (Å²) in [5.41, 5.74) is 0. The van der Waals surface area contributed by atoms with Gasteiger partial charge in [0.05, 0.1) is 25.9 Å². The number of aliphatic hydroxyl groups excluding tert-OH is 3. The molecule has 0 spiro atoms. The zero-order chi connectivity index (χ0) is 42.8. The fourth-order valence-corrected chi connectivity index (χ4v) is 5.99. The second-order valence-electron chi connectivity index (χ2n) is 14.2. The quantitative estimate of drug-likeness (QED) is 0.0153. The lowest BCUT2D eigenvalue weighted by molar-refractivity contribution is -0.161. The predicted octanol–water partition coefficient (Wildman–Crippen LogP) is 10.4. The summed E-state index contributed by atoms with van der Waals surface area (Å²) in [6, 6.07) is 0. The van der Waals surface area contributed by atoms with Crippen LogP contribution >= 0.6 is 7.82 Å². The molecule has 0 aromatic carbocycles. The Morgan fingerprint density at radius 2 is 1.09 bits per heavy atom. The monoisotopic (exact) mass is 837 g/mol. The molecule has 0 rings (SSSR count). The number of aliphatic hydroxyl groups is 3. The lowest BCUT2D eigenvalue weighted by Gasteiger charge is -2.20. The molecule has 0 aliphatic rings. The van der Waals surface area contributed by atoms with E-state index in [2.05, 4.69) is 54.8 Å². The van der Waals surface area contributed by atoms with Gasteiger partial charge in [-0.2, -0.15) is 0 Å². The first-order valence-electron chi connectivity index (χ1n) is 21.7. The highest BCUT2D eigenvalue weighted by Crippen LogP contribution is 2.43. The Balaban J connectivity index is 4.58. The number of phosphoric acid groups is 1. The van der Waals surface area contributed by atoms with E-state index in [4.69, 9.17) is 19.1 Å². The van der Waals surface area contributed by atoms with Gasteiger partial charge in [-0.05, 0) is 77.0 Å². The molecule has 332 valence electrons. The number of hydrogen-bond acceptors (Lipinski definition) is 10. The van der Waals surface area contributed by atoms with Gasteiger partial charge in [0.25, 0.3) is 0 Å². The van der Waals surface area contributed by atoms with E-state index in [1.54, 1.807) is 12.2 Å². The zero-order valence-electron chi connectivity index (χ0n) is 35.6. The lowest BCUT2D eigenvalue weighted by Crippen LogP contribution is -2.29.